The molecule has 2 aromatic rings. The zero-order valence-electron chi connectivity index (χ0n) is 18.6. The van der Waals surface area contributed by atoms with Crippen LogP contribution >= 0.6 is 31.9 Å². The van der Waals surface area contributed by atoms with Crippen molar-refractivity contribution in [1.29, 1.82) is 0 Å². The third kappa shape index (κ3) is 6.98. The summed E-state index contributed by atoms with van der Waals surface area (Å²) in [6, 6.07) is 9.90. The molecule has 0 radical (unpaired) electrons. The Hall–Kier alpha value is -1.71. The lowest BCUT2D eigenvalue weighted by atomic mass is 9.91. The van der Waals surface area contributed by atoms with E-state index in [1.807, 2.05) is 0 Å². The third-order valence-corrected chi connectivity index (χ3v) is 6.08. The van der Waals surface area contributed by atoms with Gasteiger partial charge in [-0.05, 0) is 42.3 Å². The molecule has 0 amide bonds. The van der Waals surface area contributed by atoms with Gasteiger partial charge in [-0.15, -0.1) is 0 Å². The van der Waals surface area contributed by atoms with Gasteiger partial charge in [-0.1, -0.05) is 56.1 Å². The van der Waals surface area contributed by atoms with Crippen molar-refractivity contribution >= 4 is 37.8 Å². The Kier molecular flexibility index (Phi) is 9.98. The van der Waals surface area contributed by atoms with Gasteiger partial charge in [0.15, 0.2) is 11.1 Å². The number of carbonyl (C=O) groups is 1. The summed E-state index contributed by atoms with van der Waals surface area (Å²) < 4.78 is 99.1. The minimum atomic E-state index is -5.08. The van der Waals surface area contributed by atoms with E-state index in [9.17, 15) is 31.1 Å². The van der Waals surface area contributed by atoms with Gasteiger partial charge in [0.05, 0.1) is 19.8 Å². The highest BCUT2D eigenvalue weighted by Gasteiger charge is 2.56. The van der Waals surface area contributed by atoms with E-state index in [1.165, 1.54) is 31.2 Å². The van der Waals surface area contributed by atoms with Crippen LogP contribution in [-0.2, 0) is 30.1 Å². The number of halogens is 8. The van der Waals surface area contributed by atoms with Gasteiger partial charge in [0.25, 0.3) is 6.29 Å². The summed E-state index contributed by atoms with van der Waals surface area (Å²) in [5.74, 6) is -1.35. The summed E-state index contributed by atoms with van der Waals surface area (Å²) in [7, 11) is 0. The van der Waals surface area contributed by atoms with E-state index >= 15 is 0 Å². The molecule has 0 heterocycles. The Morgan fingerprint density at radius 1 is 0.833 bits per heavy atom. The quantitative estimate of drug-likeness (QED) is 0.207. The fraction of sp³-hybridized carbons (Fsp3) is 0.409. The fourth-order valence-corrected chi connectivity index (χ4v) is 3.80. The molecule has 0 aromatic heterocycles. The molecule has 2 unspecified atom stereocenters. The van der Waals surface area contributed by atoms with Gasteiger partial charge in [-0.3, -0.25) is 0 Å². The summed E-state index contributed by atoms with van der Waals surface area (Å²) in [4.78, 5) is 12.3. The van der Waals surface area contributed by atoms with Crippen LogP contribution in [0.3, 0.4) is 0 Å². The molecule has 2 atom stereocenters. The van der Waals surface area contributed by atoms with Crippen molar-refractivity contribution < 1.29 is 45.3 Å². The van der Waals surface area contributed by atoms with E-state index in [1.54, 1.807) is 0 Å². The van der Waals surface area contributed by atoms with Crippen LogP contribution in [0.1, 0.15) is 18.1 Å². The topological polar surface area (TPSA) is 96.8 Å². The molecule has 14 heteroatoms. The van der Waals surface area contributed by atoms with Crippen molar-refractivity contribution in [1.82, 2.24) is 0 Å². The summed E-state index contributed by atoms with van der Waals surface area (Å²) in [6.07, 6.45) is -12.4. The van der Waals surface area contributed by atoms with Gasteiger partial charge < -0.3 is 25.7 Å². The van der Waals surface area contributed by atoms with Crippen LogP contribution in [0, 0.1) is 0 Å². The van der Waals surface area contributed by atoms with Crippen LogP contribution in [0.25, 0.3) is 0 Å². The Morgan fingerprint density at radius 3 is 1.53 bits per heavy atom. The molecule has 0 spiro atoms. The monoisotopic (exact) mass is 650 g/mol. The first kappa shape index (κ1) is 30.5. The highest BCUT2D eigenvalue weighted by Crippen LogP contribution is 2.40. The van der Waals surface area contributed by atoms with Crippen molar-refractivity contribution in [3.8, 4) is 0 Å². The van der Waals surface area contributed by atoms with Gasteiger partial charge in [-0.25, -0.2) is 4.79 Å². The average molecular weight is 652 g/mol. The lowest BCUT2D eigenvalue weighted by Crippen LogP contribution is -2.56. The van der Waals surface area contributed by atoms with E-state index < -0.39 is 60.0 Å². The predicted molar refractivity (Wildman–Crippen MR) is 124 cm³/mol. The molecule has 6 nitrogen and oxygen atoms in total. The number of ether oxygens (including phenoxy) is 3. The number of carbonyl (C=O) groups excluding carboxylic acids is 1. The maximum Gasteiger partial charge on any atom is 0.412 e. The normalized spacial score (nSPS) is 16.6. The van der Waals surface area contributed by atoms with E-state index in [0.717, 1.165) is 24.3 Å². The number of rotatable bonds is 10. The number of nitrogens with two attached hydrogens (primary N) is 2. The number of alkyl halides is 6. The third-order valence-electron chi connectivity index (χ3n) is 5.09. The summed E-state index contributed by atoms with van der Waals surface area (Å²) in [6.45, 7) is -1.63. The lowest BCUT2D eigenvalue weighted by molar-refractivity contribution is -0.251. The lowest BCUT2D eigenvalue weighted by Gasteiger charge is -2.35. The molecule has 4 N–H and O–H groups in total. The maximum atomic E-state index is 14.0. The molecule has 0 aliphatic heterocycles. The molecule has 0 aliphatic rings. The minimum Gasteiger partial charge on any atom is -0.462 e. The van der Waals surface area contributed by atoms with Gasteiger partial charge in [0.1, 0.15) is 0 Å². The fourth-order valence-electron chi connectivity index (χ4n) is 3.00. The highest BCUT2D eigenvalue weighted by molar-refractivity contribution is 9.10. The Labute approximate surface area is 219 Å². The number of hydrogen-bond donors (Lipinski definition) is 2. The molecule has 2 rings (SSSR count). The molecule has 0 bridgehead atoms. The molecule has 200 valence electrons. The van der Waals surface area contributed by atoms with Crippen LogP contribution in [0.4, 0.5) is 26.3 Å². The van der Waals surface area contributed by atoms with Crippen molar-refractivity contribution in [2.45, 2.75) is 36.6 Å². The van der Waals surface area contributed by atoms with E-state index in [0.29, 0.717) is 0 Å². The SMILES string of the molecule is CCOC(=O)C(OCC(N)(c1cccc(Br)c1)C(F)(F)F)OCC(N)(c1cccc(Br)c1)C(F)(F)F. The zero-order valence-corrected chi connectivity index (χ0v) is 21.8. The molecule has 0 fully saturated rings. The first-order valence-corrected chi connectivity index (χ1v) is 11.8. The van der Waals surface area contributed by atoms with Gasteiger partial charge in [0.2, 0.25) is 0 Å². The molecule has 36 heavy (non-hydrogen) atoms. The second-order valence-electron chi connectivity index (χ2n) is 7.66. The van der Waals surface area contributed by atoms with Crippen LogP contribution < -0.4 is 11.5 Å². The Morgan fingerprint density at radius 2 is 1.22 bits per heavy atom. The van der Waals surface area contributed by atoms with Gasteiger partial charge in [0, 0.05) is 8.95 Å². The van der Waals surface area contributed by atoms with Crippen LogP contribution in [0.5, 0.6) is 0 Å². The smallest absolute Gasteiger partial charge is 0.412 e. The summed E-state index contributed by atoms with van der Waals surface area (Å²) >= 11 is 6.10. The number of hydrogen-bond acceptors (Lipinski definition) is 6. The Balaban J connectivity index is 2.36. The van der Waals surface area contributed by atoms with E-state index in [-0.39, 0.29) is 15.6 Å². The largest absolute Gasteiger partial charge is 0.462 e. The van der Waals surface area contributed by atoms with E-state index in [2.05, 4.69) is 31.9 Å². The predicted octanol–water partition coefficient (Wildman–Crippen LogP) is 5.27. The summed E-state index contributed by atoms with van der Waals surface area (Å²) in [5.41, 5.74) is 4.18. The average Bonchev–Trinajstić information content (AvgIpc) is 2.77. The maximum absolute atomic E-state index is 14.0. The molecular formula is C22H22Br2F6N2O4. The first-order valence-electron chi connectivity index (χ1n) is 10.2. The second-order valence-corrected chi connectivity index (χ2v) is 9.50. The molecular weight excluding hydrogens is 630 g/mol. The molecule has 0 saturated heterocycles. The molecule has 0 saturated carbocycles. The van der Waals surface area contributed by atoms with Crippen LogP contribution in [-0.4, -0.2) is 44.4 Å². The van der Waals surface area contributed by atoms with Crippen molar-refractivity contribution in [2.24, 2.45) is 11.5 Å². The van der Waals surface area contributed by atoms with Crippen molar-refractivity contribution in [2.75, 3.05) is 19.8 Å². The Bertz CT molecular complexity index is 982. The van der Waals surface area contributed by atoms with Gasteiger partial charge in [-0.2, -0.15) is 26.3 Å². The minimum absolute atomic E-state index is 0.251. The second kappa shape index (κ2) is 11.8. The zero-order chi connectivity index (χ0) is 27.4. The van der Waals surface area contributed by atoms with Crippen LogP contribution in [0.2, 0.25) is 0 Å². The number of benzene rings is 2. The number of esters is 1. The molecule has 2 aromatic carbocycles. The first-order chi connectivity index (χ1) is 16.5. The van der Waals surface area contributed by atoms with E-state index in [4.69, 9.17) is 25.7 Å². The molecule has 0 aliphatic carbocycles. The van der Waals surface area contributed by atoms with Crippen molar-refractivity contribution in [3.63, 3.8) is 0 Å². The van der Waals surface area contributed by atoms with Crippen LogP contribution in [0.15, 0.2) is 57.5 Å². The van der Waals surface area contributed by atoms with Gasteiger partial charge >= 0.3 is 18.3 Å². The standard InChI is InChI=1S/C22H22Br2F6N2O4/c1-2-34-17(33)18(35-11-19(31,21(25,26)27)13-5-3-7-15(23)9-13)36-12-20(32,22(28,29)30)14-6-4-8-16(24)10-14/h3-10,18H,2,11-12,31-32H2,1H3. The van der Waals surface area contributed by atoms with Crippen molar-refractivity contribution in [3.05, 3.63) is 68.6 Å². The highest BCUT2D eigenvalue weighted by atomic mass is 79.9. The summed E-state index contributed by atoms with van der Waals surface area (Å²) in [5, 5.41) is 0.